The third-order valence-corrected chi connectivity index (χ3v) is 7.15. The van der Waals surface area contributed by atoms with Crippen LogP contribution in [0.5, 0.6) is 5.75 Å². The predicted molar refractivity (Wildman–Crippen MR) is 120 cm³/mol. The predicted octanol–water partition coefficient (Wildman–Crippen LogP) is 3.25. The minimum Gasteiger partial charge on any atom is -0.490 e. The highest BCUT2D eigenvalue weighted by Crippen LogP contribution is 2.31. The largest absolute Gasteiger partial charge is 0.490 e. The summed E-state index contributed by atoms with van der Waals surface area (Å²) >= 11 is 2.00. The van der Waals surface area contributed by atoms with Gasteiger partial charge in [0.05, 0.1) is 0 Å². The lowest BCUT2D eigenvalue weighted by Crippen LogP contribution is -2.50. The minimum absolute atomic E-state index is 0.145. The highest BCUT2D eigenvalue weighted by atomic mass is 32.2. The van der Waals surface area contributed by atoms with Gasteiger partial charge in [0.2, 0.25) is 0 Å². The van der Waals surface area contributed by atoms with Crippen LogP contribution < -0.4 is 15.4 Å². The molecule has 0 atom stereocenters. The summed E-state index contributed by atoms with van der Waals surface area (Å²) in [6.07, 6.45) is 6.69. The monoisotopic (exact) mass is 418 g/mol. The first-order valence-electron chi connectivity index (χ1n) is 11.1. The van der Waals surface area contributed by atoms with Crippen molar-refractivity contribution in [2.24, 2.45) is 0 Å². The zero-order chi connectivity index (χ0) is 19.9. The van der Waals surface area contributed by atoms with E-state index < -0.39 is 0 Å². The van der Waals surface area contributed by atoms with Crippen molar-refractivity contribution >= 4 is 23.5 Å². The molecule has 1 aromatic rings. The maximum Gasteiger partial charge on any atom is 0.319 e. The number of ether oxygens (including phenoxy) is 1. The van der Waals surface area contributed by atoms with E-state index in [0.717, 1.165) is 43.9 Å². The normalized spacial score (nSPS) is 25.8. The topological polar surface area (TPSA) is 56.8 Å². The highest BCUT2D eigenvalue weighted by Gasteiger charge is 2.35. The van der Waals surface area contributed by atoms with Crippen LogP contribution in [0.15, 0.2) is 24.3 Å². The minimum atomic E-state index is -0.145. The van der Waals surface area contributed by atoms with Crippen molar-refractivity contribution in [1.29, 1.82) is 0 Å². The molecule has 2 amide bonds. The number of urea groups is 1. The molecule has 29 heavy (non-hydrogen) atoms. The Labute approximate surface area is 178 Å². The Morgan fingerprint density at radius 3 is 2.48 bits per heavy atom. The first-order valence-corrected chi connectivity index (χ1v) is 12.3. The highest BCUT2D eigenvalue weighted by molar-refractivity contribution is 7.99. The first-order chi connectivity index (χ1) is 14.3. The Hall–Kier alpha value is -1.44. The van der Waals surface area contributed by atoms with Gasteiger partial charge in [-0.05, 0) is 50.2 Å². The van der Waals surface area contributed by atoms with Gasteiger partial charge in [-0.3, -0.25) is 4.90 Å². The van der Waals surface area contributed by atoms with Gasteiger partial charge >= 0.3 is 6.03 Å². The fraction of sp³-hybridized carbons (Fsp3) is 0.682. The molecule has 1 saturated carbocycles. The quantitative estimate of drug-likeness (QED) is 0.712. The van der Waals surface area contributed by atoms with E-state index in [4.69, 9.17) is 4.74 Å². The zero-order valence-corrected chi connectivity index (χ0v) is 18.1. The summed E-state index contributed by atoms with van der Waals surface area (Å²) in [7, 11) is 0. The fourth-order valence-corrected chi connectivity index (χ4v) is 5.33. The number of piperidine rings is 1. The summed E-state index contributed by atoms with van der Waals surface area (Å²) in [5.74, 6) is 3.28. The van der Waals surface area contributed by atoms with E-state index in [0.29, 0.717) is 18.7 Å². The number of rotatable bonds is 7. The summed E-state index contributed by atoms with van der Waals surface area (Å²) in [5.41, 5.74) is 0.795. The van der Waals surface area contributed by atoms with Crippen LogP contribution in [0.4, 0.5) is 10.5 Å². The molecule has 0 aromatic heterocycles. The van der Waals surface area contributed by atoms with E-state index in [1.807, 2.05) is 36.0 Å². The number of carbonyl (C=O) groups is 1. The van der Waals surface area contributed by atoms with Crippen molar-refractivity contribution in [3.63, 3.8) is 0 Å². The molecular weight excluding hydrogens is 384 g/mol. The molecule has 0 radical (unpaired) electrons. The van der Waals surface area contributed by atoms with Crippen molar-refractivity contribution in [2.75, 3.05) is 56.1 Å². The molecule has 3 fully saturated rings. The number of hydrogen-bond donors (Lipinski definition) is 2. The molecule has 0 spiro atoms. The number of carbonyl (C=O) groups excluding carboxylic acids is 1. The van der Waals surface area contributed by atoms with Crippen LogP contribution in [0.2, 0.25) is 0 Å². The number of amides is 2. The lowest BCUT2D eigenvalue weighted by Gasteiger charge is -2.44. The van der Waals surface area contributed by atoms with Crippen molar-refractivity contribution in [2.45, 2.75) is 44.2 Å². The lowest BCUT2D eigenvalue weighted by molar-refractivity contribution is 0.00893. The summed E-state index contributed by atoms with van der Waals surface area (Å²) in [5, 5.41) is 5.85. The van der Waals surface area contributed by atoms with Gasteiger partial charge < -0.3 is 20.3 Å². The molecule has 3 aliphatic rings. The Morgan fingerprint density at radius 2 is 1.76 bits per heavy atom. The van der Waals surface area contributed by atoms with Crippen molar-refractivity contribution < 1.29 is 9.53 Å². The van der Waals surface area contributed by atoms with Crippen LogP contribution in [-0.4, -0.2) is 78.8 Å². The zero-order valence-electron chi connectivity index (χ0n) is 17.3. The summed E-state index contributed by atoms with van der Waals surface area (Å²) in [6.45, 7) is 6.36. The number of thioether (sulfide) groups is 1. The van der Waals surface area contributed by atoms with Gasteiger partial charge in [0.25, 0.3) is 0 Å². The SMILES string of the molecule is O=C(NCCN1CCSCC1)Nc1ccc(OC2CC(N3CCCCC3)C2)cc1. The van der Waals surface area contributed by atoms with Gasteiger partial charge in [0, 0.05) is 62.3 Å². The van der Waals surface area contributed by atoms with Crippen LogP contribution in [0.25, 0.3) is 0 Å². The molecule has 7 heteroatoms. The number of nitrogens with one attached hydrogen (secondary N) is 2. The Balaban J connectivity index is 1.12. The van der Waals surface area contributed by atoms with E-state index >= 15 is 0 Å². The van der Waals surface area contributed by atoms with E-state index in [-0.39, 0.29) is 6.03 Å². The molecule has 2 heterocycles. The van der Waals surface area contributed by atoms with Gasteiger partial charge in [-0.25, -0.2) is 4.79 Å². The van der Waals surface area contributed by atoms with Crippen LogP contribution in [0, 0.1) is 0 Å². The van der Waals surface area contributed by atoms with E-state index in [9.17, 15) is 4.79 Å². The Bertz CT molecular complexity index is 639. The third kappa shape index (κ3) is 6.27. The van der Waals surface area contributed by atoms with Crippen LogP contribution >= 0.6 is 11.8 Å². The third-order valence-electron chi connectivity index (χ3n) is 6.21. The van der Waals surface area contributed by atoms with Gasteiger partial charge in [-0.15, -0.1) is 0 Å². The van der Waals surface area contributed by atoms with Gasteiger partial charge in [0.15, 0.2) is 0 Å². The summed E-state index contributed by atoms with van der Waals surface area (Å²) < 4.78 is 6.10. The molecular formula is C22H34N4O2S. The van der Waals surface area contributed by atoms with Gasteiger partial charge in [0.1, 0.15) is 11.9 Å². The second-order valence-corrected chi connectivity index (χ2v) is 9.55. The van der Waals surface area contributed by atoms with Crippen LogP contribution in [0.3, 0.4) is 0 Å². The molecule has 0 bridgehead atoms. The van der Waals surface area contributed by atoms with Gasteiger partial charge in [-0.1, -0.05) is 6.42 Å². The van der Waals surface area contributed by atoms with Crippen molar-refractivity contribution in [3.05, 3.63) is 24.3 Å². The average molecular weight is 419 g/mol. The number of hydrogen-bond acceptors (Lipinski definition) is 5. The summed E-state index contributed by atoms with van der Waals surface area (Å²) in [6, 6.07) is 8.31. The maximum atomic E-state index is 12.1. The van der Waals surface area contributed by atoms with E-state index in [2.05, 4.69) is 20.4 Å². The molecule has 160 valence electrons. The fourth-order valence-electron chi connectivity index (χ4n) is 4.35. The second kappa shape index (κ2) is 10.5. The number of likely N-dealkylation sites (tertiary alicyclic amines) is 1. The smallest absolute Gasteiger partial charge is 0.319 e. The van der Waals surface area contributed by atoms with Crippen molar-refractivity contribution in [1.82, 2.24) is 15.1 Å². The van der Waals surface area contributed by atoms with Crippen LogP contribution in [-0.2, 0) is 0 Å². The molecule has 1 aliphatic carbocycles. The average Bonchev–Trinajstić information content (AvgIpc) is 2.73. The molecule has 2 N–H and O–H groups in total. The van der Waals surface area contributed by atoms with Crippen molar-refractivity contribution in [3.8, 4) is 5.75 Å². The van der Waals surface area contributed by atoms with Gasteiger partial charge in [-0.2, -0.15) is 11.8 Å². The molecule has 2 aliphatic heterocycles. The number of nitrogens with zero attached hydrogens (tertiary/aromatic N) is 2. The molecule has 6 nitrogen and oxygen atoms in total. The molecule has 4 rings (SSSR count). The molecule has 1 aromatic carbocycles. The number of benzene rings is 1. The Kier molecular flexibility index (Phi) is 7.57. The van der Waals surface area contributed by atoms with Crippen LogP contribution in [0.1, 0.15) is 32.1 Å². The number of anilines is 1. The summed E-state index contributed by atoms with van der Waals surface area (Å²) in [4.78, 5) is 17.1. The first kappa shape index (κ1) is 20.8. The van der Waals surface area contributed by atoms with E-state index in [1.54, 1.807) is 0 Å². The molecule has 2 saturated heterocycles. The van der Waals surface area contributed by atoms with E-state index in [1.165, 1.54) is 43.9 Å². The maximum absolute atomic E-state index is 12.1. The molecule has 0 unspecified atom stereocenters. The standard InChI is InChI=1S/C22H34N4O2S/c27-22(23-8-11-25-12-14-29-15-13-25)24-18-4-6-20(7-5-18)28-21-16-19(17-21)26-9-2-1-3-10-26/h4-7,19,21H,1-3,8-17H2,(H2,23,24,27). The second-order valence-electron chi connectivity index (χ2n) is 8.32. The Morgan fingerprint density at radius 1 is 1.03 bits per heavy atom. The lowest BCUT2D eigenvalue weighted by atomic mass is 9.86.